The van der Waals surface area contributed by atoms with E-state index >= 15 is 0 Å². The minimum atomic E-state index is -0.368. The molecule has 2 aromatic rings. The molecule has 0 aliphatic rings. The summed E-state index contributed by atoms with van der Waals surface area (Å²) in [4.78, 5) is 16.3. The number of esters is 1. The minimum absolute atomic E-state index is 0.262. The Bertz CT molecular complexity index is 577. The topological polar surface area (TPSA) is 56.2 Å². The number of hydrogen-bond donors (Lipinski definition) is 1. The standard InChI is InChI=1S/C14H19N3O2/c1-4-13-16-10-7-5-6-8-12(10)17(13)9-11(15-2)14(18)19-3/h5-8,11,15H,4,9H2,1-3H3. The zero-order chi connectivity index (χ0) is 13.8. The van der Waals surface area contributed by atoms with Crippen LogP contribution in [-0.2, 0) is 22.5 Å². The monoisotopic (exact) mass is 261 g/mol. The lowest BCUT2D eigenvalue weighted by atomic mass is 10.2. The number of carbonyl (C=O) groups excluding carboxylic acids is 1. The van der Waals surface area contributed by atoms with Gasteiger partial charge >= 0.3 is 5.97 Å². The van der Waals surface area contributed by atoms with Gasteiger partial charge in [-0.25, -0.2) is 4.98 Å². The van der Waals surface area contributed by atoms with E-state index in [1.165, 1.54) is 7.11 Å². The van der Waals surface area contributed by atoms with Gasteiger partial charge in [-0.05, 0) is 19.2 Å². The van der Waals surface area contributed by atoms with Gasteiger partial charge in [0.05, 0.1) is 24.7 Å². The number of fused-ring (bicyclic) bond motifs is 1. The number of para-hydroxylation sites is 2. The van der Waals surface area contributed by atoms with Crippen molar-refractivity contribution in [1.29, 1.82) is 0 Å². The first-order valence-electron chi connectivity index (χ1n) is 6.40. The Kier molecular flexibility index (Phi) is 4.16. The summed E-state index contributed by atoms with van der Waals surface area (Å²) in [5, 5.41) is 2.98. The van der Waals surface area contributed by atoms with Gasteiger partial charge in [0.15, 0.2) is 0 Å². The summed E-state index contributed by atoms with van der Waals surface area (Å²) in [5.74, 6) is 0.715. The fraction of sp³-hybridized carbons (Fsp3) is 0.429. The number of nitrogens with zero attached hydrogens (tertiary/aromatic N) is 2. The van der Waals surface area contributed by atoms with Crippen LogP contribution in [0.15, 0.2) is 24.3 Å². The van der Waals surface area contributed by atoms with Gasteiger partial charge in [-0.15, -0.1) is 0 Å². The van der Waals surface area contributed by atoms with Crippen molar-refractivity contribution >= 4 is 17.0 Å². The number of nitrogens with one attached hydrogen (secondary N) is 1. The zero-order valence-corrected chi connectivity index (χ0v) is 11.5. The molecule has 5 nitrogen and oxygen atoms in total. The van der Waals surface area contributed by atoms with Crippen molar-refractivity contribution in [3.63, 3.8) is 0 Å². The predicted octanol–water partition coefficient (Wildman–Crippen LogP) is 1.36. The van der Waals surface area contributed by atoms with E-state index in [0.29, 0.717) is 6.54 Å². The molecular weight excluding hydrogens is 242 g/mol. The Morgan fingerprint density at radius 2 is 2.21 bits per heavy atom. The van der Waals surface area contributed by atoms with E-state index in [-0.39, 0.29) is 12.0 Å². The molecule has 0 spiro atoms. The van der Waals surface area contributed by atoms with Gasteiger partial charge in [0.1, 0.15) is 11.9 Å². The molecule has 0 bridgehead atoms. The van der Waals surface area contributed by atoms with Crippen LogP contribution in [0.25, 0.3) is 11.0 Å². The first-order chi connectivity index (χ1) is 9.21. The van der Waals surface area contributed by atoms with E-state index in [1.807, 2.05) is 24.3 Å². The molecule has 1 atom stereocenters. The van der Waals surface area contributed by atoms with Gasteiger partial charge < -0.3 is 14.6 Å². The highest BCUT2D eigenvalue weighted by Gasteiger charge is 2.20. The molecule has 102 valence electrons. The van der Waals surface area contributed by atoms with Crippen LogP contribution in [0, 0.1) is 0 Å². The van der Waals surface area contributed by atoms with Gasteiger partial charge in [0.2, 0.25) is 0 Å². The number of carbonyl (C=O) groups is 1. The number of aryl methyl sites for hydroxylation is 1. The zero-order valence-electron chi connectivity index (χ0n) is 11.5. The lowest BCUT2D eigenvalue weighted by Crippen LogP contribution is -2.39. The minimum Gasteiger partial charge on any atom is -0.468 e. The summed E-state index contributed by atoms with van der Waals surface area (Å²) >= 11 is 0. The van der Waals surface area contributed by atoms with E-state index in [9.17, 15) is 4.79 Å². The summed E-state index contributed by atoms with van der Waals surface area (Å²) < 4.78 is 6.88. The largest absolute Gasteiger partial charge is 0.468 e. The SMILES string of the molecule is CCc1nc2ccccc2n1CC(NC)C(=O)OC. The van der Waals surface area contributed by atoms with E-state index in [1.54, 1.807) is 7.05 Å². The van der Waals surface area contributed by atoms with Gasteiger partial charge in [0.25, 0.3) is 0 Å². The molecule has 1 aromatic carbocycles. The van der Waals surface area contributed by atoms with Crippen LogP contribution >= 0.6 is 0 Å². The molecule has 5 heteroatoms. The Balaban J connectivity index is 2.40. The summed E-state index contributed by atoms with van der Waals surface area (Å²) in [6.07, 6.45) is 0.826. The van der Waals surface area contributed by atoms with Crippen LogP contribution < -0.4 is 5.32 Å². The van der Waals surface area contributed by atoms with Crippen molar-refractivity contribution in [1.82, 2.24) is 14.9 Å². The molecule has 1 N–H and O–H groups in total. The average Bonchev–Trinajstić information content (AvgIpc) is 2.81. The van der Waals surface area contributed by atoms with Crippen molar-refractivity contribution < 1.29 is 9.53 Å². The van der Waals surface area contributed by atoms with Crippen LogP contribution in [0.2, 0.25) is 0 Å². The maximum Gasteiger partial charge on any atom is 0.324 e. The third kappa shape index (κ3) is 2.61. The summed E-state index contributed by atoms with van der Waals surface area (Å²) in [7, 11) is 3.16. The smallest absolute Gasteiger partial charge is 0.324 e. The lowest BCUT2D eigenvalue weighted by Gasteiger charge is -2.16. The molecule has 0 aliphatic carbocycles. The van der Waals surface area contributed by atoms with Crippen LogP contribution in [-0.4, -0.2) is 35.7 Å². The van der Waals surface area contributed by atoms with Crippen molar-refractivity contribution in [2.75, 3.05) is 14.2 Å². The highest BCUT2D eigenvalue weighted by atomic mass is 16.5. The molecule has 0 saturated carbocycles. The Hall–Kier alpha value is -1.88. The van der Waals surface area contributed by atoms with E-state index in [0.717, 1.165) is 23.3 Å². The van der Waals surface area contributed by atoms with Gasteiger partial charge in [0, 0.05) is 6.42 Å². The first-order valence-corrected chi connectivity index (χ1v) is 6.40. The Morgan fingerprint density at radius 3 is 2.84 bits per heavy atom. The molecule has 0 amide bonds. The predicted molar refractivity (Wildman–Crippen MR) is 74.0 cm³/mol. The number of methoxy groups -OCH3 is 1. The van der Waals surface area contributed by atoms with Crippen LogP contribution in [0.5, 0.6) is 0 Å². The number of benzene rings is 1. The molecule has 0 saturated heterocycles. The molecule has 0 fully saturated rings. The second-order valence-electron chi connectivity index (χ2n) is 4.35. The molecule has 1 unspecified atom stereocenters. The van der Waals surface area contributed by atoms with E-state index in [2.05, 4.69) is 21.8 Å². The molecule has 2 rings (SSSR count). The van der Waals surface area contributed by atoms with Crippen molar-refractivity contribution in [3.8, 4) is 0 Å². The van der Waals surface area contributed by atoms with Crippen LogP contribution in [0.1, 0.15) is 12.7 Å². The maximum absolute atomic E-state index is 11.7. The number of aromatic nitrogens is 2. The summed E-state index contributed by atoms with van der Waals surface area (Å²) in [6.45, 7) is 2.58. The molecule has 0 radical (unpaired) electrons. The highest BCUT2D eigenvalue weighted by Crippen LogP contribution is 2.17. The van der Waals surface area contributed by atoms with Gasteiger partial charge in [-0.1, -0.05) is 19.1 Å². The number of likely N-dealkylation sites (N-methyl/N-ethyl adjacent to an activating group) is 1. The van der Waals surface area contributed by atoms with Gasteiger partial charge in [-0.2, -0.15) is 0 Å². The summed E-state index contributed by atoms with van der Waals surface area (Å²) in [6, 6.07) is 7.58. The first kappa shape index (κ1) is 13.5. The molecule has 0 aliphatic heterocycles. The molecule has 19 heavy (non-hydrogen) atoms. The second-order valence-corrected chi connectivity index (χ2v) is 4.35. The van der Waals surface area contributed by atoms with E-state index in [4.69, 9.17) is 4.74 Å². The quantitative estimate of drug-likeness (QED) is 0.826. The van der Waals surface area contributed by atoms with Crippen molar-refractivity contribution in [2.24, 2.45) is 0 Å². The van der Waals surface area contributed by atoms with E-state index < -0.39 is 0 Å². The second kappa shape index (κ2) is 5.84. The molecule has 1 heterocycles. The normalized spacial score (nSPS) is 12.6. The average molecular weight is 261 g/mol. The highest BCUT2D eigenvalue weighted by molar-refractivity contribution is 5.78. The number of ether oxygens (including phenoxy) is 1. The number of hydrogen-bond acceptors (Lipinski definition) is 4. The van der Waals surface area contributed by atoms with Crippen molar-refractivity contribution in [2.45, 2.75) is 25.9 Å². The lowest BCUT2D eigenvalue weighted by molar-refractivity contribution is -0.143. The third-order valence-corrected chi connectivity index (χ3v) is 3.25. The number of rotatable bonds is 5. The van der Waals surface area contributed by atoms with Crippen molar-refractivity contribution in [3.05, 3.63) is 30.1 Å². The fourth-order valence-corrected chi connectivity index (χ4v) is 2.21. The fourth-order valence-electron chi connectivity index (χ4n) is 2.21. The molecular formula is C14H19N3O2. The Labute approximate surface area is 112 Å². The maximum atomic E-state index is 11.7. The van der Waals surface area contributed by atoms with Crippen LogP contribution in [0.3, 0.4) is 0 Å². The third-order valence-electron chi connectivity index (χ3n) is 3.25. The van der Waals surface area contributed by atoms with Gasteiger partial charge in [-0.3, -0.25) is 4.79 Å². The van der Waals surface area contributed by atoms with Crippen LogP contribution in [0.4, 0.5) is 0 Å². The molecule has 1 aromatic heterocycles. The summed E-state index contributed by atoms with van der Waals surface area (Å²) in [5.41, 5.74) is 2.00. The number of imidazole rings is 1. The Morgan fingerprint density at radius 1 is 1.47 bits per heavy atom.